The fourth-order valence-corrected chi connectivity index (χ4v) is 2.44. The van der Waals surface area contributed by atoms with E-state index in [1.807, 2.05) is 6.08 Å². The molecule has 2 heteroatoms. The van der Waals surface area contributed by atoms with E-state index in [0.29, 0.717) is 0 Å². The van der Waals surface area contributed by atoms with Crippen LogP contribution >= 0.6 is 0 Å². The number of ether oxygens (including phenoxy) is 1. The molecule has 0 aromatic carbocycles. The Morgan fingerprint density at radius 3 is 2.25 bits per heavy atom. The topological polar surface area (TPSA) is 32.8 Å². The average molecular weight is 280 g/mol. The van der Waals surface area contributed by atoms with E-state index in [1.165, 1.54) is 51.4 Å². The molecule has 0 bridgehead atoms. The first kappa shape index (κ1) is 17.3. The minimum atomic E-state index is -0.0678. The summed E-state index contributed by atoms with van der Waals surface area (Å²) < 4.78 is 4.91. The molecule has 1 atom stereocenters. The van der Waals surface area contributed by atoms with Crippen LogP contribution in [0.3, 0.4) is 0 Å². The highest BCUT2D eigenvalue weighted by atomic mass is 16.5. The van der Waals surface area contributed by atoms with Gasteiger partial charge in [0.25, 0.3) is 0 Å². The number of aliphatic hydroxyl groups excluding tert-OH is 1. The summed E-state index contributed by atoms with van der Waals surface area (Å²) in [5.74, 6) is 0.999. The second-order valence-corrected chi connectivity index (χ2v) is 5.89. The number of aliphatic hydroxyl groups is 1. The third-order valence-electron chi connectivity index (χ3n) is 3.84. The van der Waals surface area contributed by atoms with Crippen molar-refractivity contribution in [2.45, 2.75) is 90.1 Å². The molecule has 1 N–H and O–H groups in total. The minimum Gasteiger partial charge on any atom is -0.458 e. The van der Waals surface area contributed by atoms with Crippen LogP contribution in [0.4, 0.5) is 0 Å². The molecule has 0 aromatic heterocycles. The molecule has 1 aliphatic rings. The van der Waals surface area contributed by atoms with Crippen LogP contribution in [0.2, 0.25) is 0 Å². The van der Waals surface area contributed by atoms with Gasteiger partial charge in [0.05, 0.1) is 6.10 Å². The predicted octanol–water partition coefficient (Wildman–Crippen LogP) is 5.48. The van der Waals surface area contributed by atoms with E-state index in [4.69, 9.17) is 4.74 Å². The zero-order valence-electron chi connectivity index (χ0n) is 13.2. The molecule has 1 rings (SSSR count). The maximum Gasteiger partial charge on any atom is 0.161 e. The fourth-order valence-electron chi connectivity index (χ4n) is 2.44. The van der Waals surface area contributed by atoms with Crippen molar-refractivity contribution in [3.63, 3.8) is 0 Å². The Hall–Kier alpha value is -0.760. The van der Waals surface area contributed by atoms with Gasteiger partial charge in [-0.15, -0.1) is 0 Å². The van der Waals surface area contributed by atoms with Crippen LogP contribution in [0.5, 0.6) is 0 Å². The van der Waals surface area contributed by atoms with E-state index >= 15 is 0 Å². The van der Waals surface area contributed by atoms with Gasteiger partial charge in [0, 0.05) is 0 Å². The van der Waals surface area contributed by atoms with Gasteiger partial charge < -0.3 is 9.84 Å². The number of unbranched alkanes of at least 4 members (excludes halogenated alkanes) is 8. The predicted molar refractivity (Wildman–Crippen MR) is 85.4 cm³/mol. The van der Waals surface area contributed by atoms with Crippen LogP contribution in [0, 0.1) is 0 Å². The molecule has 116 valence electrons. The summed E-state index contributed by atoms with van der Waals surface area (Å²) in [6.07, 6.45) is 20.4. The van der Waals surface area contributed by atoms with Crippen LogP contribution < -0.4 is 0 Å². The molecule has 1 heterocycles. The number of allylic oxidation sites excluding steroid dienone is 2. The number of hydrogen-bond acceptors (Lipinski definition) is 2. The first-order valence-corrected chi connectivity index (χ1v) is 8.54. The highest BCUT2D eigenvalue weighted by molar-refractivity contribution is 5.19. The molecule has 1 unspecified atom stereocenters. The van der Waals surface area contributed by atoms with Crippen LogP contribution in [0.1, 0.15) is 84.0 Å². The van der Waals surface area contributed by atoms with Gasteiger partial charge in [-0.05, 0) is 31.8 Å². The van der Waals surface area contributed by atoms with E-state index in [-0.39, 0.29) is 6.10 Å². The highest BCUT2D eigenvalue weighted by Gasteiger charge is 2.04. The van der Waals surface area contributed by atoms with Crippen molar-refractivity contribution in [1.82, 2.24) is 0 Å². The fraction of sp³-hybridized carbons (Fsp3) is 0.778. The third-order valence-corrected chi connectivity index (χ3v) is 3.84. The van der Waals surface area contributed by atoms with Crippen molar-refractivity contribution >= 4 is 0 Å². The summed E-state index contributed by atoms with van der Waals surface area (Å²) in [6.45, 7) is 2.25. The van der Waals surface area contributed by atoms with Gasteiger partial charge in [0.15, 0.2) is 5.76 Å². The Kier molecular flexibility index (Phi) is 10.4. The Balaban J connectivity index is 1.77. The van der Waals surface area contributed by atoms with Gasteiger partial charge in [-0.2, -0.15) is 0 Å². The molecule has 0 radical (unpaired) electrons. The molecule has 2 nitrogen and oxygen atoms in total. The van der Waals surface area contributed by atoms with Crippen LogP contribution in [-0.2, 0) is 4.74 Å². The molecule has 0 spiro atoms. The second-order valence-electron chi connectivity index (χ2n) is 5.89. The molecule has 20 heavy (non-hydrogen) atoms. The van der Waals surface area contributed by atoms with Gasteiger partial charge in [-0.1, -0.05) is 64.4 Å². The average Bonchev–Trinajstić information content (AvgIpc) is 3.26. The summed E-state index contributed by atoms with van der Waals surface area (Å²) in [5.41, 5.74) is 0. The highest BCUT2D eigenvalue weighted by Crippen LogP contribution is 2.16. The number of rotatable bonds is 14. The zero-order valence-corrected chi connectivity index (χ0v) is 13.2. The molecule has 0 saturated heterocycles. The molecular weight excluding hydrogens is 248 g/mol. The quantitative estimate of drug-likeness (QED) is 0.428. The van der Waals surface area contributed by atoms with Gasteiger partial charge in [-0.25, -0.2) is 0 Å². The third kappa shape index (κ3) is 11.1. The van der Waals surface area contributed by atoms with Gasteiger partial charge in [0.1, 0.15) is 6.26 Å². The van der Waals surface area contributed by atoms with Crippen LogP contribution in [0.15, 0.2) is 24.2 Å². The Morgan fingerprint density at radius 1 is 1.00 bits per heavy atom. The molecule has 0 aromatic rings. The molecule has 1 aliphatic heterocycles. The monoisotopic (exact) mass is 280 g/mol. The van der Waals surface area contributed by atoms with Crippen molar-refractivity contribution in [3.05, 3.63) is 24.2 Å². The minimum absolute atomic E-state index is 0.0678. The summed E-state index contributed by atoms with van der Waals surface area (Å²) in [7, 11) is 0. The molecular formula is C18H32O2. The molecule has 0 fully saturated rings. The summed E-state index contributed by atoms with van der Waals surface area (Å²) in [6, 6.07) is 0. The van der Waals surface area contributed by atoms with Crippen molar-refractivity contribution in [3.8, 4) is 0 Å². The SMILES string of the molecule is CCCCCCCCC(O)CCCCCC=CC1=CO1. The van der Waals surface area contributed by atoms with Crippen LogP contribution in [-0.4, -0.2) is 11.2 Å². The van der Waals surface area contributed by atoms with Crippen molar-refractivity contribution in [2.75, 3.05) is 0 Å². The van der Waals surface area contributed by atoms with Crippen LogP contribution in [0.25, 0.3) is 0 Å². The molecule has 0 aliphatic carbocycles. The molecule has 0 saturated carbocycles. The van der Waals surface area contributed by atoms with Gasteiger partial charge >= 0.3 is 0 Å². The first-order chi connectivity index (χ1) is 9.83. The molecule has 0 amide bonds. The largest absolute Gasteiger partial charge is 0.458 e. The maximum absolute atomic E-state index is 9.90. The van der Waals surface area contributed by atoms with Gasteiger partial charge in [0.2, 0.25) is 0 Å². The van der Waals surface area contributed by atoms with E-state index in [0.717, 1.165) is 31.4 Å². The number of hydrogen-bond donors (Lipinski definition) is 1. The maximum atomic E-state index is 9.90. The van der Waals surface area contributed by atoms with E-state index in [9.17, 15) is 5.11 Å². The van der Waals surface area contributed by atoms with Crippen molar-refractivity contribution < 1.29 is 9.84 Å². The van der Waals surface area contributed by atoms with E-state index in [1.54, 1.807) is 6.26 Å². The second kappa shape index (κ2) is 12.0. The Bertz CT molecular complexity index is 281. The van der Waals surface area contributed by atoms with E-state index in [2.05, 4.69) is 13.0 Å². The lowest BCUT2D eigenvalue weighted by molar-refractivity contribution is 0.147. The lowest BCUT2D eigenvalue weighted by atomic mass is 10.0. The summed E-state index contributed by atoms with van der Waals surface area (Å²) >= 11 is 0. The lowest BCUT2D eigenvalue weighted by Crippen LogP contribution is -2.05. The summed E-state index contributed by atoms with van der Waals surface area (Å²) in [4.78, 5) is 0. The summed E-state index contributed by atoms with van der Waals surface area (Å²) in [5, 5.41) is 9.90. The van der Waals surface area contributed by atoms with E-state index < -0.39 is 0 Å². The first-order valence-electron chi connectivity index (χ1n) is 8.54. The van der Waals surface area contributed by atoms with Gasteiger partial charge in [-0.3, -0.25) is 0 Å². The van der Waals surface area contributed by atoms with Crippen molar-refractivity contribution in [2.24, 2.45) is 0 Å². The normalized spacial score (nSPS) is 15.2. The Labute approximate surface area is 124 Å². The zero-order chi connectivity index (χ0) is 14.5. The standard InChI is InChI=1S/C18H32O2/c1-2-3-4-5-7-10-13-17(19)14-11-8-6-9-12-15-18-16-20-18/h12,15-17,19H,2-11,13-14H2,1H3. The van der Waals surface area contributed by atoms with Crippen molar-refractivity contribution in [1.29, 1.82) is 0 Å². The smallest absolute Gasteiger partial charge is 0.161 e. The Morgan fingerprint density at radius 2 is 1.60 bits per heavy atom. The lowest BCUT2D eigenvalue weighted by Gasteiger charge is -2.09.